The number of hydrogen-bond acceptors (Lipinski definition) is 2. The van der Waals surface area contributed by atoms with Crippen LogP contribution in [0.3, 0.4) is 0 Å². The Labute approximate surface area is 93.6 Å². The fourth-order valence-corrected chi connectivity index (χ4v) is 2.54. The summed E-state index contributed by atoms with van der Waals surface area (Å²) in [7, 11) is 0. The number of hydrogen-bond donors (Lipinski definition) is 1. The van der Waals surface area contributed by atoms with Gasteiger partial charge in [0.25, 0.3) is 0 Å². The second kappa shape index (κ2) is 4.84. The quantitative estimate of drug-likeness (QED) is 0.759. The first-order chi connectivity index (χ1) is 7.24. The molecule has 2 saturated carbocycles. The molecule has 2 aliphatic carbocycles. The normalized spacial score (nSPS) is 36.8. The molecule has 0 heterocycles. The van der Waals surface area contributed by atoms with E-state index in [0.29, 0.717) is 6.54 Å². The Kier molecular flexibility index (Phi) is 3.68. The zero-order valence-corrected chi connectivity index (χ0v) is 10.0. The fourth-order valence-electron chi connectivity index (χ4n) is 2.54. The summed E-state index contributed by atoms with van der Waals surface area (Å²) in [6.07, 6.45) is 9.05. The average Bonchev–Trinajstić information content (AvgIpc) is 3.06. The summed E-state index contributed by atoms with van der Waals surface area (Å²) in [6.45, 7) is 3.99. The van der Waals surface area contributed by atoms with Crippen LogP contribution in [0, 0.1) is 11.8 Å². The molecule has 2 aliphatic rings. The predicted molar refractivity (Wildman–Crippen MR) is 62.7 cm³/mol. The van der Waals surface area contributed by atoms with Gasteiger partial charge in [0.2, 0.25) is 0 Å². The highest BCUT2D eigenvalue weighted by Crippen LogP contribution is 2.36. The minimum absolute atomic E-state index is 0.0431. The Bertz CT molecular complexity index is 193. The van der Waals surface area contributed by atoms with E-state index in [1.165, 1.54) is 44.9 Å². The smallest absolute Gasteiger partial charge is 0.0804 e. The predicted octanol–water partition coefficient (Wildman–Crippen LogP) is 2.71. The molecule has 2 N–H and O–H groups in total. The van der Waals surface area contributed by atoms with Crippen molar-refractivity contribution >= 4 is 0 Å². The van der Waals surface area contributed by atoms with Crippen LogP contribution in [0.5, 0.6) is 0 Å². The summed E-state index contributed by atoms with van der Waals surface area (Å²) in [5.41, 5.74) is 5.93. The lowest BCUT2D eigenvalue weighted by Gasteiger charge is -2.38. The molecule has 0 bridgehead atoms. The number of ether oxygens (including phenoxy) is 1. The lowest BCUT2D eigenvalue weighted by Crippen LogP contribution is -2.44. The van der Waals surface area contributed by atoms with Crippen LogP contribution >= 0.6 is 0 Å². The summed E-state index contributed by atoms with van der Waals surface area (Å²) in [4.78, 5) is 0. The first-order valence-electron chi connectivity index (χ1n) is 6.58. The van der Waals surface area contributed by atoms with E-state index < -0.39 is 0 Å². The van der Waals surface area contributed by atoms with E-state index in [9.17, 15) is 0 Å². The van der Waals surface area contributed by atoms with E-state index >= 15 is 0 Å². The molecule has 0 aromatic carbocycles. The summed E-state index contributed by atoms with van der Waals surface area (Å²) < 4.78 is 6.09. The van der Waals surface area contributed by atoms with Crippen LogP contribution in [-0.4, -0.2) is 18.8 Å². The maximum Gasteiger partial charge on any atom is 0.0804 e. The van der Waals surface area contributed by atoms with Gasteiger partial charge < -0.3 is 10.5 Å². The molecule has 2 fully saturated rings. The molecule has 2 rings (SSSR count). The van der Waals surface area contributed by atoms with Gasteiger partial charge in [-0.1, -0.05) is 19.8 Å². The molecule has 0 saturated heterocycles. The maximum absolute atomic E-state index is 6.09. The fraction of sp³-hybridized carbons (Fsp3) is 1.00. The van der Waals surface area contributed by atoms with Crippen molar-refractivity contribution in [1.29, 1.82) is 0 Å². The molecule has 0 aromatic rings. The van der Waals surface area contributed by atoms with Crippen LogP contribution in [0.1, 0.15) is 51.9 Å². The molecule has 0 unspecified atom stereocenters. The van der Waals surface area contributed by atoms with Crippen LogP contribution < -0.4 is 5.73 Å². The Morgan fingerprint density at radius 3 is 2.40 bits per heavy atom. The standard InChI is InChI=1S/C13H25NO/c1-11-4-7-13(10-14,8-5-11)15-9-6-12-2-3-12/h11-12H,2-10,14H2,1H3. The van der Waals surface area contributed by atoms with Gasteiger partial charge in [0.05, 0.1) is 5.60 Å². The first kappa shape index (κ1) is 11.4. The molecule has 0 amide bonds. The molecule has 2 heteroatoms. The van der Waals surface area contributed by atoms with E-state index in [0.717, 1.165) is 18.4 Å². The highest BCUT2D eigenvalue weighted by Gasteiger charge is 2.34. The second-order valence-corrected chi connectivity index (χ2v) is 5.65. The van der Waals surface area contributed by atoms with Gasteiger partial charge in [-0.3, -0.25) is 0 Å². The second-order valence-electron chi connectivity index (χ2n) is 5.65. The van der Waals surface area contributed by atoms with Crippen molar-refractivity contribution in [1.82, 2.24) is 0 Å². The molecular formula is C13H25NO. The summed E-state index contributed by atoms with van der Waals surface area (Å²) >= 11 is 0. The van der Waals surface area contributed by atoms with Crippen LogP contribution in [0.25, 0.3) is 0 Å². The van der Waals surface area contributed by atoms with Crippen molar-refractivity contribution in [3.8, 4) is 0 Å². The summed E-state index contributed by atoms with van der Waals surface area (Å²) in [5, 5.41) is 0. The SMILES string of the molecule is CC1CCC(CN)(OCCC2CC2)CC1. The van der Waals surface area contributed by atoms with Gasteiger partial charge in [-0.05, 0) is 43.9 Å². The van der Waals surface area contributed by atoms with Crippen molar-refractivity contribution in [2.75, 3.05) is 13.2 Å². The van der Waals surface area contributed by atoms with Crippen molar-refractivity contribution in [2.45, 2.75) is 57.5 Å². The average molecular weight is 211 g/mol. The molecule has 0 spiro atoms. The van der Waals surface area contributed by atoms with Crippen molar-refractivity contribution in [3.63, 3.8) is 0 Å². The zero-order valence-electron chi connectivity index (χ0n) is 10.0. The van der Waals surface area contributed by atoms with E-state index in [1.54, 1.807) is 0 Å². The molecule has 0 radical (unpaired) electrons. The Balaban J connectivity index is 1.73. The van der Waals surface area contributed by atoms with Gasteiger partial charge in [0.1, 0.15) is 0 Å². The van der Waals surface area contributed by atoms with Gasteiger partial charge in [-0.2, -0.15) is 0 Å². The lowest BCUT2D eigenvalue weighted by atomic mass is 9.79. The lowest BCUT2D eigenvalue weighted by molar-refractivity contribution is -0.0718. The van der Waals surface area contributed by atoms with Crippen LogP contribution in [0.15, 0.2) is 0 Å². The molecule has 0 atom stereocenters. The topological polar surface area (TPSA) is 35.2 Å². The van der Waals surface area contributed by atoms with E-state index in [2.05, 4.69) is 6.92 Å². The van der Waals surface area contributed by atoms with E-state index in [-0.39, 0.29) is 5.60 Å². The highest BCUT2D eigenvalue weighted by atomic mass is 16.5. The third kappa shape index (κ3) is 3.18. The zero-order chi connectivity index (χ0) is 10.7. The Morgan fingerprint density at radius 1 is 1.20 bits per heavy atom. The monoisotopic (exact) mass is 211 g/mol. The van der Waals surface area contributed by atoms with Crippen LogP contribution in [-0.2, 0) is 4.74 Å². The molecular weight excluding hydrogens is 186 g/mol. The third-order valence-corrected chi connectivity index (χ3v) is 4.19. The first-order valence-corrected chi connectivity index (χ1v) is 6.58. The molecule has 0 aliphatic heterocycles. The van der Waals surface area contributed by atoms with Crippen molar-refractivity contribution in [2.24, 2.45) is 17.6 Å². The maximum atomic E-state index is 6.09. The van der Waals surface area contributed by atoms with Crippen molar-refractivity contribution < 1.29 is 4.74 Å². The van der Waals surface area contributed by atoms with E-state index in [4.69, 9.17) is 10.5 Å². The third-order valence-electron chi connectivity index (χ3n) is 4.19. The largest absolute Gasteiger partial charge is 0.374 e. The van der Waals surface area contributed by atoms with Gasteiger partial charge in [-0.15, -0.1) is 0 Å². The number of nitrogens with two attached hydrogens (primary N) is 1. The minimum Gasteiger partial charge on any atom is -0.374 e. The van der Waals surface area contributed by atoms with Crippen LogP contribution in [0.2, 0.25) is 0 Å². The molecule has 88 valence electrons. The van der Waals surface area contributed by atoms with Crippen molar-refractivity contribution in [3.05, 3.63) is 0 Å². The Hall–Kier alpha value is -0.0800. The Morgan fingerprint density at radius 2 is 1.87 bits per heavy atom. The molecule has 0 aromatic heterocycles. The van der Waals surface area contributed by atoms with Gasteiger partial charge in [0, 0.05) is 13.2 Å². The van der Waals surface area contributed by atoms with Crippen LogP contribution in [0.4, 0.5) is 0 Å². The van der Waals surface area contributed by atoms with Gasteiger partial charge in [0.15, 0.2) is 0 Å². The minimum atomic E-state index is 0.0431. The van der Waals surface area contributed by atoms with E-state index in [1.807, 2.05) is 0 Å². The summed E-state index contributed by atoms with van der Waals surface area (Å²) in [5.74, 6) is 1.85. The molecule has 15 heavy (non-hydrogen) atoms. The number of rotatable bonds is 5. The van der Waals surface area contributed by atoms with Gasteiger partial charge in [-0.25, -0.2) is 0 Å². The highest BCUT2D eigenvalue weighted by molar-refractivity contribution is 4.87. The summed E-state index contributed by atoms with van der Waals surface area (Å²) in [6, 6.07) is 0. The molecule has 2 nitrogen and oxygen atoms in total. The van der Waals surface area contributed by atoms with Gasteiger partial charge >= 0.3 is 0 Å².